The van der Waals surface area contributed by atoms with E-state index in [-0.39, 0.29) is 6.61 Å². The summed E-state index contributed by atoms with van der Waals surface area (Å²) in [7, 11) is 0. The van der Waals surface area contributed by atoms with Gasteiger partial charge in [0.1, 0.15) is 6.61 Å². The summed E-state index contributed by atoms with van der Waals surface area (Å²) in [5.41, 5.74) is -0.597. The van der Waals surface area contributed by atoms with E-state index in [2.05, 4.69) is 5.16 Å². The summed E-state index contributed by atoms with van der Waals surface area (Å²) in [5, 5.41) is 12.8. The highest BCUT2D eigenvalue weighted by Crippen LogP contribution is 2.07. The number of hydrogen-bond donors (Lipinski definition) is 1. The molecule has 0 unspecified atom stereocenters. The molecule has 0 fully saturated rings. The molecular weight excluding hydrogens is 216 g/mol. The monoisotopic (exact) mass is 229 g/mol. The topological polar surface area (TPSA) is 41.8 Å². The van der Waals surface area contributed by atoms with E-state index in [9.17, 15) is 13.9 Å². The third-order valence-electron chi connectivity index (χ3n) is 1.64. The fourth-order valence-corrected chi connectivity index (χ4v) is 0.886. The van der Waals surface area contributed by atoms with Gasteiger partial charge in [0, 0.05) is 0 Å². The molecule has 1 aromatic rings. The van der Waals surface area contributed by atoms with Crippen LogP contribution in [0.15, 0.2) is 23.4 Å². The van der Waals surface area contributed by atoms with Crippen molar-refractivity contribution in [2.45, 2.75) is 19.4 Å². The number of nitrogens with zero attached hydrogens (tertiary/aromatic N) is 1. The Morgan fingerprint density at radius 1 is 1.38 bits per heavy atom. The number of aliphatic hydroxyl groups is 1. The Balaban J connectivity index is 2.53. The van der Waals surface area contributed by atoms with E-state index >= 15 is 0 Å². The predicted octanol–water partition coefficient (Wildman–Crippen LogP) is 2.09. The minimum atomic E-state index is -0.981. The minimum absolute atomic E-state index is 0.0210. The van der Waals surface area contributed by atoms with Crippen molar-refractivity contribution in [3.05, 3.63) is 35.4 Å². The first-order valence-electron chi connectivity index (χ1n) is 4.71. The van der Waals surface area contributed by atoms with Crippen molar-refractivity contribution in [2.24, 2.45) is 5.16 Å². The highest BCUT2D eigenvalue weighted by atomic mass is 19.2. The number of benzene rings is 1. The molecule has 0 radical (unpaired) electrons. The smallest absolute Gasteiger partial charge is 0.159 e. The fraction of sp³-hybridized carbons (Fsp3) is 0.364. The van der Waals surface area contributed by atoms with Crippen molar-refractivity contribution in [2.75, 3.05) is 6.61 Å². The molecule has 0 heterocycles. The molecule has 1 N–H and O–H groups in total. The Kier molecular flexibility index (Phi) is 3.95. The van der Waals surface area contributed by atoms with Crippen molar-refractivity contribution in [1.29, 1.82) is 0 Å². The van der Waals surface area contributed by atoms with Crippen molar-refractivity contribution in [3.8, 4) is 0 Å². The molecular formula is C11H13F2NO2. The van der Waals surface area contributed by atoms with Crippen LogP contribution < -0.4 is 0 Å². The molecule has 5 heteroatoms. The van der Waals surface area contributed by atoms with E-state index in [4.69, 9.17) is 4.84 Å². The van der Waals surface area contributed by atoms with E-state index < -0.39 is 17.2 Å². The SMILES string of the molecule is CC(C)(O)CON=Cc1ccc(F)c(F)c1. The van der Waals surface area contributed by atoms with Crippen LogP contribution in [-0.4, -0.2) is 23.5 Å². The molecule has 0 aliphatic carbocycles. The summed E-state index contributed by atoms with van der Waals surface area (Å²) in [6, 6.07) is 3.38. The fourth-order valence-electron chi connectivity index (χ4n) is 0.886. The van der Waals surface area contributed by atoms with Crippen LogP contribution in [0, 0.1) is 11.6 Å². The van der Waals surface area contributed by atoms with E-state index in [1.807, 2.05) is 0 Å². The van der Waals surface area contributed by atoms with Crippen LogP contribution in [0.2, 0.25) is 0 Å². The lowest BCUT2D eigenvalue weighted by molar-refractivity contribution is -0.0185. The Hall–Kier alpha value is -1.49. The molecule has 0 bridgehead atoms. The van der Waals surface area contributed by atoms with Gasteiger partial charge in [-0.2, -0.15) is 0 Å². The quantitative estimate of drug-likeness (QED) is 0.634. The molecule has 0 aromatic heterocycles. The van der Waals surface area contributed by atoms with Crippen LogP contribution in [-0.2, 0) is 4.84 Å². The number of halogens is 2. The second kappa shape index (κ2) is 5.03. The normalized spacial score (nSPS) is 12.1. The molecule has 0 aliphatic heterocycles. The lowest BCUT2D eigenvalue weighted by Crippen LogP contribution is -2.24. The van der Waals surface area contributed by atoms with Gasteiger partial charge in [0.2, 0.25) is 0 Å². The van der Waals surface area contributed by atoms with Crippen molar-refractivity contribution in [3.63, 3.8) is 0 Å². The maximum absolute atomic E-state index is 12.8. The van der Waals surface area contributed by atoms with Crippen molar-refractivity contribution < 1.29 is 18.7 Å². The molecule has 0 saturated carbocycles. The maximum Gasteiger partial charge on any atom is 0.159 e. The van der Waals surface area contributed by atoms with E-state index in [1.165, 1.54) is 12.3 Å². The van der Waals surface area contributed by atoms with Gasteiger partial charge in [-0.05, 0) is 31.5 Å². The van der Waals surface area contributed by atoms with Crippen molar-refractivity contribution >= 4 is 6.21 Å². The Morgan fingerprint density at radius 2 is 2.06 bits per heavy atom. The number of hydrogen-bond acceptors (Lipinski definition) is 3. The first-order valence-corrected chi connectivity index (χ1v) is 4.71. The zero-order chi connectivity index (χ0) is 12.2. The average molecular weight is 229 g/mol. The summed E-state index contributed by atoms with van der Waals surface area (Å²) < 4.78 is 25.3. The molecule has 1 aromatic carbocycles. The molecule has 1 rings (SSSR count). The molecule has 0 spiro atoms. The Morgan fingerprint density at radius 3 is 2.62 bits per heavy atom. The highest BCUT2D eigenvalue weighted by molar-refractivity contribution is 5.78. The first kappa shape index (κ1) is 12.6. The highest BCUT2D eigenvalue weighted by Gasteiger charge is 2.12. The molecule has 0 saturated heterocycles. The van der Waals surface area contributed by atoms with Crippen LogP contribution in [0.3, 0.4) is 0 Å². The minimum Gasteiger partial charge on any atom is -0.393 e. The number of rotatable bonds is 4. The summed E-state index contributed by atoms with van der Waals surface area (Å²) in [6.07, 6.45) is 1.24. The van der Waals surface area contributed by atoms with E-state index in [1.54, 1.807) is 13.8 Å². The van der Waals surface area contributed by atoms with Crippen molar-refractivity contribution in [1.82, 2.24) is 0 Å². The molecule has 0 amide bonds. The van der Waals surface area contributed by atoms with Crippen LogP contribution >= 0.6 is 0 Å². The van der Waals surface area contributed by atoms with Crippen LogP contribution in [0.1, 0.15) is 19.4 Å². The average Bonchev–Trinajstić information content (AvgIpc) is 2.17. The van der Waals surface area contributed by atoms with Crippen LogP contribution in [0.5, 0.6) is 0 Å². The molecule has 3 nitrogen and oxygen atoms in total. The van der Waals surface area contributed by atoms with Gasteiger partial charge in [0.15, 0.2) is 11.6 Å². The lowest BCUT2D eigenvalue weighted by Gasteiger charge is -2.13. The van der Waals surface area contributed by atoms with Gasteiger partial charge < -0.3 is 9.94 Å². The summed E-state index contributed by atoms with van der Waals surface area (Å²) in [6.45, 7) is 3.16. The van der Waals surface area contributed by atoms with Crippen LogP contribution in [0.4, 0.5) is 8.78 Å². The Labute approximate surface area is 92.3 Å². The van der Waals surface area contributed by atoms with E-state index in [0.29, 0.717) is 5.56 Å². The summed E-state index contributed by atoms with van der Waals surface area (Å²) in [4.78, 5) is 4.78. The second-order valence-electron chi connectivity index (χ2n) is 3.99. The van der Waals surface area contributed by atoms with Gasteiger partial charge in [0.25, 0.3) is 0 Å². The second-order valence-corrected chi connectivity index (χ2v) is 3.99. The lowest BCUT2D eigenvalue weighted by atomic mass is 10.2. The zero-order valence-electron chi connectivity index (χ0n) is 9.08. The molecule has 0 atom stereocenters. The zero-order valence-corrected chi connectivity index (χ0v) is 9.08. The summed E-state index contributed by atoms with van der Waals surface area (Å²) in [5.74, 6) is -1.85. The molecule has 88 valence electrons. The maximum atomic E-state index is 12.8. The third-order valence-corrected chi connectivity index (χ3v) is 1.64. The van der Waals surface area contributed by atoms with Gasteiger partial charge >= 0.3 is 0 Å². The van der Waals surface area contributed by atoms with Crippen LogP contribution in [0.25, 0.3) is 0 Å². The Bertz CT molecular complexity index is 386. The van der Waals surface area contributed by atoms with Gasteiger partial charge in [-0.3, -0.25) is 0 Å². The number of oxime groups is 1. The van der Waals surface area contributed by atoms with E-state index in [0.717, 1.165) is 12.1 Å². The van der Waals surface area contributed by atoms with Gasteiger partial charge in [-0.25, -0.2) is 8.78 Å². The molecule has 16 heavy (non-hydrogen) atoms. The van der Waals surface area contributed by atoms with Gasteiger partial charge in [-0.1, -0.05) is 11.2 Å². The van der Waals surface area contributed by atoms with Gasteiger partial charge in [0.05, 0.1) is 11.8 Å². The standard InChI is InChI=1S/C11H13F2NO2/c1-11(2,15)7-16-14-6-8-3-4-9(12)10(13)5-8/h3-6,15H,7H2,1-2H3. The molecule has 0 aliphatic rings. The largest absolute Gasteiger partial charge is 0.393 e. The third kappa shape index (κ3) is 4.35. The van der Waals surface area contributed by atoms with Gasteiger partial charge in [-0.15, -0.1) is 0 Å². The first-order chi connectivity index (χ1) is 7.38. The predicted molar refractivity (Wildman–Crippen MR) is 56.2 cm³/mol. The summed E-state index contributed by atoms with van der Waals surface area (Å²) >= 11 is 0.